The Hall–Kier alpha value is -3.39. The highest BCUT2D eigenvalue weighted by molar-refractivity contribution is 5.94. The molecule has 8 nitrogen and oxygen atoms in total. The first kappa shape index (κ1) is 19.6. The van der Waals surface area contributed by atoms with Crippen LogP contribution in [0.15, 0.2) is 53.3 Å². The van der Waals surface area contributed by atoms with Crippen LogP contribution in [0.1, 0.15) is 21.6 Å². The smallest absolute Gasteiger partial charge is 0.257 e. The van der Waals surface area contributed by atoms with Crippen molar-refractivity contribution in [3.05, 3.63) is 65.7 Å². The molecule has 0 atom stereocenters. The first-order chi connectivity index (χ1) is 15.2. The molecular weight excluding hydrogens is 394 g/mol. The summed E-state index contributed by atoms with van der Waals surface area (Å²) in [6.07, 6.45) is 3.65. The van der Waals surface area contributed by atoms with Crippen LogP contribution in [-0.4, -0.2) is 65.4 Å². The van der Waals surface area contributed by atoms with Crippen molar-refractivity contribution in [2.45, 2.75) is 13.0 Å². The van der Waals surface area contributed by atoms with Crippen molar-refractivity contribution < 1.29 is 13.9 Å². The van der Waals surface area contributed by atoms with Crippen LogP contribution >= 0.6 is 0 Å². The minimum atomic E-state index is -0.0618. The topological polar surface area (TPSA) is 74.9 Å². The molecule has 3 aromatic rings. The lowest BCUT2D eigenvalue weighted by Crippen LogP contribution is -2.45. The number of carbonyl (C=O) groups excluding carboxylic acids is 1. The molecule has 1 fully saturated rings. The maximum Gasteiger partial charge on any atom is 0.257 e. The van der Waals surface area contributed by atoms with E-state index in [0.717, 1.165) is 37.4 Å². The molecule has 2 aromatic heterocycles. The van der Waals surface area contributed by atoms with E-state index in [1.54, 1.807) is 11.0 Å². The van der Waals surface area contributed by atoms with E-state index in [-0.39, 0.29) is 5.91 Å². The van der Waals surface area contributed by atoms with Gasteiger partial charge in [0.25, 0.3) is 5.91 Å². The van der Waals surface area contributed by atoms with E-state index in [0.29, 0.717) is 42.7 Å². The number of fused-ring (bicyclic) bond motifs is 1. The van der Waals surface area contributed by atoms with E-state index in [4.69, 9.17) is 19.1 Å². The molecule has 4 heterocycles. The van der Waals surface area contributed by atoms with Gasteiger partial charge in [0.2, 0.25) is 11.8 Å². The lowest BCUT2D eigenvalue weighted by Gasteiger charge is -2.34. The summed E-state index contributed by atoms with van der Waals surface area (Å²) >= 11 is 0. The summed E-state index contributed by atoms with van der Waals surface area (Å²) in [5, 5.41) is 0. The number of nitrogens with zero attached hydrogens (tertiary/aromatic N) is 5. The molecule has 5 rings (SSSR count). The molecule has 1 aromatic carbocycles. The van der Waals surface area contributed by atoms with Gasteiger partial charge in [-0.25, -0.2) is 4.98 Å². The van der Waals surface area contributed by atoms with Crippen LogP contribution in [0.4, 0.5) is 5.95 Å². The van der Waals surface area contributed by atoms with Crippen molar-refractivity contribution in [2.24, 2.45) is 0 Å². The molecular formula is C23H25N5O3. The standard InChI is InChI=1S/C23H25N5O3/c1-26-10-12-27(13-11-26)23-24-20-7-9-28(22(29)17-8-14-30-16-17)15-19(20)21(25-23)31-18-5-3-2-4-6-18/h2-6,8,14,16H,7,9-13,15H2,1H3. The van der Waals surface area contributed by atoms with Crippen LogP contribution in [0.2, 0.25) is 0 Å². The van der Waals surface area contributed by atoms with Gasteiger partial charge < -0.3 is 23.9 Å². The van der Waals surface area contributed by atoms with Gasteiger partial charge in [-0.3, -0.25) is 4.79 Å². The Morgan fingerprint density at radius 1 is 1.03 bits per heavy atom. The zero-order valence-electron chi connectivity index (χ0n) is 17.5. The van der Waals surface area contributed by atoms with Crippen molar-refractivity contribution in [3.63, 3.8) is 0 Å². The summed E-state index contributed by atoms with van der Waals surface area (Å²) in [6, 6.07) is 11.3. The molecule has 0 saturated carbocycles. The highest BCUT2D eigenvalue weighted by Crippen LogP contribution is 2.32. The first-order valence-electron chi connectivity index (χ1n) is 10.5. The number of hydrogen-bond donors (Lipinski definition) is 0. The van der Waals surface area contributed by atoms with Gasteiger partial charge in [-0.15, -0.1) is 0 Å². The fraction of sp³-hybridized carbons (Fsp3) is 0.348. The van der Waals surface area contributed by atoms with E-state index in [2.05, 4.69) is 16.8 Å². The fourth-order valence-electron chi connectivity index (χ4n) is 3.95. The van der Waals surface area contributed by atoms with Gasteiger partial charge in [0.1, 0.15) is 12.0 Å². The molecule has 2 aliphatic rings. The number of hydrogen-bond acceptors (Lipinski definition) is 7. The van der Waals surface area contributed by atoms with Crippen LogP contribution in [0.25, 0.3) is 0 Å². The van der Waals surface area contributed by atoms with E-state index in [1.165, 1.54) is 12.5 Å². The van der Waals surface area contributed by atoms with Gasteiger partial charge in [0, 0.05) is 39.1 Å². The van der Waals surface area contributed by atoms with Crippen molar-refractivity contribution in [1.29, 1.82) is 0 Å². The van der Waals surface area contributed by atoms with Gasteiger partial charge in [0.05, 0.1) is 29.6 Å². The summed E-state index contributed by atoms with van der Waals surface area (Å²) in [6.45, 7) is 4.71. The van der Waals surface area contributed by atoms with Crippen LogP contribution in [0.5, 0.6) is 11.6 Å². The molecule has 0 bridgehead atoms. The van der Waals surface area contributed by atoms with Crippen molar-refractivity contribution in [3.8, 4) is 11.6 Å². The van der Waals surface area contributed by atoms with Gasteiger partial charge in [-0.2, -0.15) is 4.98 Å². The van der Waals surface area contributed by atoms with Crippen molar-refractivity contribution in [2.75, 3.05) is 44.7 Å². The molecule has 1 saturated heterocycles. The zero-order chi connectivity index (χ0) is 21.2. The second kappa shape index (κ2) is 8.39. The highest BCUT2D eigenvalue weighted by Gasteiger charge is 2.29. The molecule has 1 amide bonds. The predicted molar refractivity (Wildman–Crippen MR) is 115 cm³/mol. The van der Waals surface area contributed by atoms with Crippen LogP contribution in [0, 0.1) is 0 Å². The average Bonchev–Trinajstić information content (AvgIpc) is 3.34. The number of carbonyl (C=O) groups is 1. The Labute approximate surface area is 181 Å². The number of furan rings is 1. The SMILES string of the molecule is CN1CCN(c2nc3c(c(Oc4ccccc4)n2)CN(C(=O)c2ccoc2)CC3)CC1. The number of amides is 1. The minimum Gasteiger partial charge on any atom is -0.472 e. The maximum absolute atomic E-state index is 12.9. The Morgan fingerprint density at radius 2 is 1.84 bits per heavy atom. The number of rotatable bonds is 4. The fourth-order valence-corrected chi connectivity index (χ4v) is 3.95. The second-order valence-electron chi connectivity index (χ2n) is 7.95. The predicted octanol–water partition coefficient (Wildman–Crippen LogP) is 2.81. The molecule has 0 aliphatic carbocycles. The summed E-state index contributed by atoms with van der Waals surface area (Å²) in [4.78, 5) is 28.8. The number of aromatic nitrogens is 2. The summed E-state index contributed by atoms with van der Waals surface area (Å²) in [7, 11) is 2.13. The van der Waals surface area contributed by atoms with Gasteiger partial charge in [-0.05, 0) is 25.2 Å². The van der Waals surface area contributed by atoms with E-state index >= 15 is 0 Å². The Bertz CT molecular complexity index is 1050. The number of anilines is 1. The molecule has 0 N–H and O–H groups in total. The molecule has 0 spiro atoms. The van der Waals surface area contributed by atoms with Crippen LogP contribution in [0.3, 0.4) is 0 Å². The summed E-state index contributed by atoms with van der Waals surface area (Å²) < 4.78 is 11.3. The monoisotopic (exact) mass is 419 g/mol. The Balaban J connectivity index is 1.47. The zero-order valence-corrected chi connectivity index (χ0v) is 17.5. The maximum atomic E-state index is 12.9. The third-order valence-corrected chi connectivity index (χ3v) is 5.81. The van der Waals surface area contributed by atoms with E-state index in [9.17, 15) is 4.79 Å². The molecule has 31 heavy (non-hydrogen) atoms. The number of likely N-dealkylation sites (N-methyl/N-ethyl adjacent to an activating group) is 1. The van der Waals surface area contributed by atoms with Gasteiger partial charge in [-0.1, -0.05) is 18.2 Å². The number of piperazine rings is 1. The third kappa shape index (κ3) is 4.11. The van der Waals surface area contributed by atoms with Crippen LogP contribution < -0.4 is 9.64 Å². The average molecular weight is 419 g/mol. The summed E-state index contributed by atoms with van der Waals surface area (Å²) in [5.74, 6) is 1.88. The third-order valence-electron chi connectivity index (χ3n) is 5.81. The van der Waals surface area contributed by atoms with Gasteiger partial charge >= 0.3 is 0 Å². The number of ether oxygens (including phenoxy) is 1. The second-order valence-corrected chi connectivity index (χ2v) is 7.95. The van der Waals surface area contributed by atoms with Crippen LogP contribution in [-0.2, 0) is 13.0 Å². The van der Waals surface area contributed by atoms with E-state index in [1.807, 2.05) is 30.3 Å². The van der Waals surface area contributed by atoms with Crippen molar-refractivity contribution in [1.82, 2.24) is 19.8 Å². The largest absolute Gasteiger partial charge is 0.472 e. The minimum absolute atomic E-state index is 0.0618. The first-order valence-corrected chi connectivity index (χ1v) is 10.5. The van der Waals surface area contributed by atoms with E-state index < -0.39 is 0 Å². The quantitative estimate of drug-likeness (QED) is 0.644. The number of para-hydroxylation sites is 1. The molecule has 0 radical (unpaired) electrons. The Kier molecular flexibility index (Phi) is 5.30. The highest BCUT2D eigenvalue weighted by atomic mass is 16.5. The molecule has 0 unspecified atom stereocenters. The lowest BCUT2D eigenvalue weighted by molar-refractivity contribution is 0.0731. The Morgan fingerprint density at radius 3 is 2.58 bits per heavy atom. The van der Waals surface area contributed by atoms with Gasteiger partial charge in [0.15, 0.2) is 0 Å². The lowest BCUT2D eigenvalue weighted by atomic mass is 10.1. The van der Waals surface area contributed by atoms with Crippen molar-refractivity contribution >= 4 is 11.9 Å². The number of benzene rings is 1. The molecule has 2 aliphatic heterocycles. The summed E-state index contributed by atoms with van der Waals surface area (Å²) in [5.41, 5.74) is 2.36. The normalized spacial score (nSPS) is 16.8. The molecule has 160 valence electrons. The molecule has 8 heteroatoms.